The third-order valence-corrected chi connectivity index (χ3v) is 7.03. The average molecular weight is 486 g/mol. The largest absolute Gasteiger partial charge is 0.342 e. The molecule has 3 N–H and O–H groups in total. The van der Waals surface area contributed by atoms with E-state index in [1.165, 1.54) is 5.56 Å². The van der Waals surface area contributed by atoms with Gasteiger partial charge in [0.2, 0.25) is 17.8 Å². The molecule has 186 valence electrons. The monoisotopic (exact) mass is 485 g/mol. The molecule has 36 heavy (non-hydrogen) atoms. The molecule has 5 rings (SSSR count). The van der Waals surface area contributed by atoms with E-state index >= 15 is 0 Å². The molecular weight excluding hydrogens is 454 g/mol. The van der Waals surface area contributed by atoms with Crippen LogP contribution in [0.2, 0.25) is 0 Å². The van der Waals surface area contributed by atoms with Gasteiger partial charge in [0.05, 0.1) is 11.5 Å². The van der Waals surface area contributed by atoms with Crippen LogP contribution in [0.5, 0.6) is 0 Å². The van der Waals surface area contributed by atoms with Crippen molar-refractivity contribution >= 4 is 29.3 Å². The van der Waals surface area contributed by atoms with Gasteiger partial charge in [-0.2, -0.15) is 4.98 Å². The van der Waals surface area contributed by atoms with Crippen molar-refractivity contribution in [1.82, 2.24) is 9.97 Å². The first-order valence-electron chi connectivity index (χ1n) is 12.5. The predicted molar refractivity (Wildman–Crippen MR) is 140 cm³/mol. The normalized spacial score (nSPS) is 17.9. The van der Waals surface area contributed by atoms with Gasteiger partial charge in [0.1, 0.15) is 5.82 Å². The molecular formula is C28H31N5O3. The van der Waals surface area contributed by atoms with Crippen molar-refractivity contribution in [3.63, 3.8) is 0 Å². The summed E-state index contributed by atoms with van der Waals surface area (Å²) in [6, 6.07) is 16.2. The van der Waals surface area contributed by atoms with E-state index in [-0.39, 0.29) is 29.3 Å². The lowest BCUT2D eigenvalue weighted by atomic mass is 9.90. The molecule has 2 aliphatic rings. The maximum absolute atomic E-state index is 13.2. The first kappa shape index (κ1) is 23.8. The minimum atomic E-state index is -0.906. The third kappa shape index (κ3) is 5.17. The molecule has 0 radical (unpaired) electrons. The van der Waals surface area contributed by atoms with Crippen LogP contribution in [0.3, 0.4) is 0 Å². The van der Waals surface area contributed by atoms with Crippen LogP contribution >= 0.6 is 0 Å². The van der Waals surface area contributed by atoms with Crippen LogP contribution in [0.15, 0.2) is 53.3 Å². The minimum Gasteiger partial charge on any atom is -0.342 e. The molecule has 0 aliphatic carbocycles. The molecule has 1 atom stereocenters. The number of hydrogen-bond acceptors (Lipinski definition) is 5. The van der Waals surface area contributed by atoms with Gasteiger partial charge in [0, 0.05) is 25.2 Å². The zero-order valence-electron chi connectivity index (χ0n) is 20.6. The molecule has 1 fully saturated rings. The number of carbonyl (C=O) groups is 2. The average Bonchev–Trinajstić information content (AvgIpc) is 2.83. The lowest BCUT2D eigenvalue weighted by molar-refractivity contribution is -0.123. The second kappa shape index (κ2) is 9.97. The third-order valence-electron chi connectivity index (χ3n) is 7.03. The Morgan fingerprint density at radius 1 is 1.06 bits per heavy atom. The number of benzene rings is 2. The summed E-state index contributed by atoms with van der Waals surface area (Å²) in [6.45, 7) is 5.44. The van der Waals surface area contributed by atoms with E-state index in [2.05, 4.69) is 49.8 Å². The molecule has 2 aromatic carbocycles. The van der Waals surface area contributed by atoms with Gasteiger partial charge < -0.3 is 15.5 Å². The summed E-state index contributed by atoms with van der Waals surface area (Å²) in [6.07, 6.45) is 2.92. The Kier molecular flexibility index (Phi) is 6.59. The summed E-state index contributed by atoms with van der Waals surface area (Å²) in [7, 11) is 0. The van der Waals surface area contributed by atoms with E-state index in [4.69, 9.17) is 0 Å². The van der Waals surface area contributed by atoms with Crippen LogP contribution in [0.4, 0.5) is 17.5 Å². The Morgan fingerprint density at radius 2 is 1.75 bits per heavy atom. The zero-order chi connectivity index (χ0) is 25.2. The molecule has 1 unspecified atom stereocenters. The summed E-state index contributed by atoms with van der Waals surface area (Å²) < 4.78 is 0. The smallest absolute Gasteiger partial charge is 0.258 e. The number of aromatic nitrogens is 2. The number of fused-ring (bicyclic) bond motifs is 1. The highest BCUT2D eigenvalue weighted by Crippen LogP contribution is 2.31. The van der Waals surface area contributed by atoms with Crippen molar-refractivity contribution in [2.24, 2.45) is 5.92 Å². The highest BCUT2D eigenvalue weighted by atomic mass is 16.2. The van der Waals surface area contributed by atoms with Gasteiger partial charge >= 0.3 is 0 Å². The molecule has 8 heteroatoms. The van der Waals surface area contributed by atoms with Gasteiger partial charge in [0.15, 0.2) is 0 Å². The number of hydrogen-bond donors (Lipinski definition) is 3. The van der Waals surface area contributed by atoms with Crippen LogP contribution in [0, 0.1) is 19.8 Å². The lowest BCUT2D eigenvalue weighted by Crippen LogP contribution is -2.40. The van der Waals surface area contributed by atoms with Gasteiger partial charge in [-0.05, 0) is 67.9 Å². The number of aryl methyl sites for hydroxylation is 2. The SMILES string of the molecule is Cc1cc(C)cc(NC(=O)C2CC(=O)Nc3nc(N4CCC(Cc5ccccc5)CC4)[nH]c(=O)c32)c1. The van der Waals surface area contributed by atoms with Gasteiger partial charge in [-0.15, -0.1) is 0 Å². The fourth-order valence-corrected chi connectivity index (χ4v) is 5.31. The predicted octanol–water partition coefficient (Wildman–Crippen LogP) is 3.91. The van der Waals surface area contributed by atoms with Crippen molar-refractivity contribution in [2.75, 3.05) is 28.6 Å². The highest BCUT2D eigenvalue weighted by molar-refractivity contribution is 6.04. The van der Waals surface area contributed by atoms with Gasteiger partial charge in [-0.3, -0.25) is 19.4 Å². The Balaban J connectivity index is 1.32. The molecule has 1 saturated heterocycles. The summed E-state index contributed by atoms with van der Waals surface area (Å²) in [5, 5.41) is 5.59. The summed E-state index contributed by atoms with van der Waals surface area (Å²) in [5.74, 6) is -0.432. The second-order valence-electron chi connectivity index (χ2n) is 9.94. The quantitative estimate of drug-likeness (QED) is 0.508. The van der Waals surface area contributed by atoms with Gasteiger partial charge in [-0.1, -0.05) is 36.4 Å². The number of anilines is 3. The number of amides is 2. The van der Waals surface area contributed by atoms with Crippen LogP contribution in [-0.4, -0.2) is 34.9 Å². The van der Waals surface area contributed by atoms with E-state index in [1.807, 2.05) is 38.1 Å². The fraction of sp³-hybridized carbons (Fsp3) is 0.357. The van der Waals surface area contributed by atoms with Crippen molar-refractivity contribution in [3.05, 3.63) is 81.1 Å². The summed E-state index contributed by atoms with van der Waals surface area (Å²) >= 11 is 0. The molecule has 0 bridgehead atoms. The van der Waals surface area contributed by atoms with Gasteiger partial charge in [-0.25, -0.2) is 0 Å². The maximum atomic E-state index is 13.2. The number of piperidine rings is 1. The topological polar surface area (TPSA) is 107 Å². The maximum Gasteiger partial charge on any atom is 0.258 e. The first-order chi connectivity index (χ1) is 17.4. The van der Waals surface area contributed by atoms with E-state index in [0.29, 0.717) is 17.6 Å². The molecule has 3 heterocycles. The van der Waals surface area contributed by atoms with Crippen molar-refractivity contribution in [2.45, 2.75) is 45.4 Å². The summed E-state index contributed by atoms with van der Waals surface area (Å²) in [5.41, 5.74) is 3.84. The molecule has 8 nitrogen and oxygen atoms in total. The number of nitrogens with zero attached hydrogens (tertiary/aromatic N) is 2. The van der Waals surface area contributed by atoms with Crippen LogP contribution in [0.25, 0.3) is 0 Å². The summed E-state index contributed by atoms with van der Waals surface area (Å²) in [4.78, 5) is 48.3. The van der Waals surface area contributed by atoms with Crippen LogP contribution < -0.4 is 21.1 Å². The first-order valence-corrected chi connectivity index (χ1v) is 12.5. The Bertz CT molecular complexity index is 1320. The Morgan fingerprint density at radius 3 is 2.44 bits per heavy atom. The Hall–Kier alpha value is -3.94. The number of rotatable bonds is 5. The molecule has 0 spiro atoms. The van der Waals surface area contributed by atoms with E-state index in [0.717, 1.165) is 43.5 Å². The van der Waals surface area contributed by atoms with Crippen molar-refractivity contribution < 1.29 is 9.59 Å². The lowest BCUT2D eigenvalue weighted by Gasteiger charge is -2.33. The van der Waals surface area contributed by atoms with Crippen LogP contribution in [-0.2, 0) is 16.0 Å². The van der Waals surface area contributed by atoms with Gasteiger partial charge in [0.25, 0.3) is 5.56 Å². The minimum absolute atomic E-state index is 0.0986. The number of H-pyrrole nitrogens is 1. The van der Waals surface area contributed by atoms with Crippen molar-refractivity contribution in [3.8, 4) is 0 Å². The molecule has 3 aromatic rings. The standard InChI is InChI=1S/C28H31N5O3/c1-17-12-18(2)14-21(13-17)29-26(35)22-16-23(34)30-25-24(22)27(36)32-28(31-25)33-10-8-20(9-11-33)15-19-6-4-3-5-7-19/h3-7,12-14,20,22H,8-11,15-16H2,1-2H3,(H,29,35)(H2,30,31,32,34,36). The number of aromatic amines is 1. The number of carbonyl (C=O) groups excluding carboxylic acids is 2. The molecule has 2 amide bonds. The molecule has 2 aliphatic heterocycles. The van der Waals surface area contributed by atoms with E-state index in [9.17, 15) is 14.4 Å². The Labute approximate surface area is 210 Å². The van der Waals surface area contributed by atoms with E-state index in [1.54, 1.807) is 0 Å². The molecule has 0 saturated carbocycles. The van der Waals surface area contributed by atoms with E-state index < -0.39 is 11.8 Å². The zero-order valence-corrected chi connectivity index (χ0v) is 20.6. The second-order valence-corrected chi connectivity index (χ2v) is 9.94. The van der Waals surface area contributed by atoms with Crippen molar-refractivity contribution in [1.29, 1.82) is 0 Å². The fourth-order valence-electron chi connectivity index (χ4n) is 5.31. The number of nitrogens with one attached hydrogen (secondary N) is 3. The molecule has 1 aromatic heterocycles. The highest BCUT2D eigenvalue weighted by Gasteiger charge is 2.35. The van der Waals surface area contributed by atoms with Crippen LogP contribution in [0.1, 0.15) is 47.4 Å².